The Morgan fingerprint density at radius 2 is 1.88 bits per heavy atom. The molecule has 0 saturated heterocycles. The number of benzene rings is 1. The van der Waals surface area contributed by atoms with Crippen molar-refractivity contribution in [2.75, 3.05) is 13.2 Å². The number of nitrogens with zero attached hydrogens (tertiary/aromatic N) is 1. The van der Waals surface area contributed by atoms with Crippen molar-refractivity contribution in [1.29, 1.82) is 0 Å². The first-order valence-electron chi connectivity index (χ1n) is 8.75. The predicted octanol–water partition coefficient (Wildman–Crippen LogP) is 3.59. The molecular formula is C19H29N3O2. The van der Waals surface area contributed by atoms with Crippen LogP contribution in [0.5, 0.6) is 5.75 Å². The molecule has 1 aromatic heterocycles. The highest BCUT2D eigenvalue weighted by molar-refractivity contribution is 5.59. The standard InChI is InChI=1S/C19H29N3O2/c1-3-4-5-6-7-12-24-16-10-8-15(9-11-16)17-13-21-18(22-17)19(2,20)14-23/h8-11,13,23H,3-7,12,14,20H2,1-2H3,(H,21,22)/t19-/m0/s1. The topological polar surface area (TPSA) is 84.2 Å². The molecule has 5 nitrogen and oxygen atoms in total. The molecule has 2 aromatic rings. The van der Waals surface area contributed by atoms with Crippen molar-refractivity contribution < 1.29 is 9.84 Å². The summed E-state index contributed by atoms with van der Waals surface area (Å²) in [5, 5.41) is 9.31. The van der Waals surface area contributed by atoms with Gasteiger partial charge in [0.05, 0.1) is 30.6 Å². The molecule has 24 heavy (non-hydrogen) atoms. The first kappa shape index (κ1) is 18.5. The summed E-state index contributed by atoms with van der Waals surface area (Å²) in [6.45, 7) is 4.57. The molecule has 0 saturated carbocycles. The fourth-order valence-electron chi connectivity index (χ4n) is 2.46. The number of nitrogens with two attached hydrogens (primary N) is 1. The number of nitrogens with one attached hydrogen (secondary N) is 1. The zero-order chi connectivity index (χ0) is 17.4. The third-order valence-corrected chi connectivity index (χ3v) is 4.13. The van der Waals surface area contributed by atoms with Crippen LogP contribution in [0.2, 0.25) is 0 Å². The van der Waals surface area contributed by atoms with Gasteiger partial charge >= 0.3 is 0 Å². The first-order chi connectivity index (χ1) is 11.6. The molecule has 0 aliphatic carbocycles. The Hall–Kier alpha value is -1.85. The van der Waals surface area contributed by atoms with Gasteiger partial charge in [-0.25, -0.2) is 4.98 Å². The van der Waals surface area contributed by atoms with E-state index in [1.165, 1.54) is 25.7 Å². The Kier molecular flexibility index (Phi) is 6.82. The lowest BCUT2D eigenvalue weighted by Gasteiger charge is -2.18. The van der Waals surface area contributed by atoms with Crippen LogP contribution in [0.25, 0.3) is 11.3 Å². The molecule has 4 N–H and O–H groups in total. The minimum Gasteiger partial charge on any atom is -0.494 e. The maximum atomic E-state index is 9.31. The monoisotopic (exact) mass is 331 g/mol. The number of hydrogen-bond acceptors (Lipinski definition) is 4. The molecule has 0 amide bonds. The molecule has 0 bridgehead atoms. The number of hydrogen-bond donors (Lipinski definition) is 3. The fraction of sp³-hybridized carbons (Fsp3) is 0.526. The zero-order valence-corrected chi connectivity index (χ0v) is 14.7. The molecule has 0 fully saturated rings. The number of aromatic nitrogens is 2. The van der Waals surface area contributed by atoms with Gasteiger partial charge in [0.15, 0.2) is 0 Å². The third-order valence-electron chi connectivity index (χ3n) is 4.13. The van der Waals surface area contributed by atoms with E-state index in [9.17, 15) is 5.11 Å². The highest BCUT2D eigenvalue weighted by Gasteiger charge is 2.23. The van der Waals surface area contributed by atoms with E-state index < -0.39 is 5.54 Å². The van der Waals surface area contributed by atoms with Gasteiger partial charge in [-0.15, -0.1) is 0 Å². The van der Waals surface area contributed by atoms with Gasteiger partial charge in [-0.1, -0.05) is 32.6 Å². The van der Waals surface area contributed by atoms with Crippen LogP contribution in [0.4, 0.5) is 0 Å². The number of aromatic amines is 1. The van der Waals surface area contributed by atoms with Crippen LogP contribution in [-0.2, 0) is 5.54 Å². The van der Waals surface area contributed by atoms with Crippen molar-refractivity contribution in [3.05, 3.63) is 36.3 Å². The van der Waals surface area contributed by atoms with Crippen molar-refractivity contribution in [3.8, 4) is 17.0 Å². The van der Waals surface area contributed by atoms with E-state index in [-0.39, 0.29) is 6.61 Å². The van der Waals surface area contributed by atoms with Crippen molar-refractivity contribution in [1.82, 2.24) is 9.97 Å². The van der Waals surface area contributed by atoms with E-state index in [0.29, 0.717) is 5.82 Å². The summed E-state index contributed by atoms with van der Waals surface area (Å²) in [7, 11) is 0. The fourth-order valence-corrected chi connectivity index (χ4v) is 2.46. The Morgan fingerprint density at radius 3 is 2.54 bits per heavy atom. The number of rotatable bonds is 10. The van der Waals surface area contributed by atoms with Crippen molar-refractivity contribution in [2.24, 2.45) is 5.73 Å². The van der Waals surface area contributed by atoms with Gasteiger partial charge in [0.2, 0.25) is 0 Å². The number of aliphatic hydroxyl groups excluding tert-OH is 1. The van der Waals surface area contributed by atoms with Gasteiger partial charge in [0.1, 0.15) is 11.6 Å². The molecule has 132 valence electrons. The Labute approximate surface area is 144 Å². The van der Waals surface area contributed by atoms with Crippen molar-refractivity contribution in [3.63, 3.8) is 0 Å². The second-order valence-electron chi connectivity index (χ2n) is 6.51. The van der Waals surface area contributed by atoms with E-state index in [0.717, 1.165) is 30.0 Å². The average Bonchev–Trinajstić information content (AvgIpc) is 3.09. The Bertz CT molecular complexity index is 605. The molecule has 5 heteroatoms. The van der Waals surface area contributed by atoms with E-state index in [2.05, 4.69) is 16.9 Å². The molecule has 0 aliphatic rings. The summed E-state index contributed by atoms with van der Waals surface area (Å²) >= 11 is 0. The Morgan fingerprint density at radius 1 is 1.17 bits per heavy atom. The molecule has 1 atom stereocenters. The number of aliphatic hydroxyl groups is 1. The van der Waals surface area contributed by atoms with Gasteiger partial charge in [-0.2, -0.15) is 0 Å². The smallest absolute Gasteiger partial charge is 0.128 e. The van der Waals surface area contributed by atoms with Crippen LogP contribution in [0, 0.1) is 0 Å². The van der Waals surface area contributed by atoms with Crippen LogP contribution in [0.1, 0.15) is 51.8 Å². The quantitative estimate of drug-likeness (QED) is 0.581. The molecule has 0 aliphatic heterocycles. The zero-order valence-electron chi connectivity index (χ0n) is 14.7. The van der Waals surface area contributed by atoms with Crippen LogP contribution in [0.3, 0.4) is 0 Å². The summed E-state index contributed by atoms with van der Waals surface area (Å²) in [6.07, 6.45) is 7.92. The minimum absolute atomic E-state index is 0.162. The van der Waals surface area contributed by atoms with Crippen LogP contribution in [-0.4, -0.2) is 28.3 Å². The van der Waals surface area contributed by atoms with Gasteiger partial charge in [-0.05, 0) is 43.2 Å². The predicted molar refractivity (Wildman–Crippen MR) is 96.9 cm³/mol. The average molecular weight is 331 g/mol. The normalized spacial score (nSPS) is 13.7. The van der Waals surface area contributed by atoms with Crippen LogP contribution in [0.15, 0.2) is 30.5 Å². The maximum Gasteiger partial charge on any atom is 0.128 e. The molecule has 2 rings (SSSR count). The second-order valence-corrected chi connectivity index (χ2v) is 6.51. The van der Waals surface area contributed by atoms with Gasteiger partial charge in [-0.3, -0.25) is 0 Å². The third kappa shape index (κ3) is 5.08. The SMILES string of the molecule is CCCCCCCOc1ccc(-c2cnc([C@@](C)(N)CO)[nH]2)cc1. The number of H-pyrrole nitrogens is 1. The second kappa shape index (κ2) is 8.85. The summed E-state index contributed by atoms with van der Waals surface area (Å²) < 4.78 is 5.78. The van der Waals surface area contributed by atoms with Crippen molar-refractivity contribution in [2.45, 2.75) is 51.5 Å². The lowest BCUT2D eigenvalue weighted by Crippen LogP contribution is -2.38. The first-order valence-corrected chi connectivity index (χ1v) is 8.75. The van der Waals surface area contributed by atoms with E-state index in [4.69, 9.17) is 10.5 Å². The highest BCUT2D eigenvalue weighted by atomic mass is 16.5. The van der Waals surface area contributed by atoms with Gasteiger partial charge in [0, 0.05) is 0 Å². The molecule has 1 heterocycles. The summed E-state index contributed by atoms with van der Waals surface area (Å²) in [4.78, 5) is 7.45. The molecular weight excluding hydrogens is 302 g/mol. The summed E-state index contributed by atoms with van der Waals surface area (Å²) in [5.74, 6) is 1.46. The molecule has 1 aromatic carbocycles. The largest absolute Gasteiger partial charge is 0.494 e. The van der Waals surface area contributed by atoms with Crippen LogP contribution < -0.4 is 10.5 Å². The van der Waals surface area contributed by atoms with E-state index in [1.807, 2.05) is 24.3 Å². The number of imidazole rings is 1. The van der Waals surface area contributed by atoms with Crippen molar-refractivity contribution >= 4 is 0 Å². The maximum absolute atomic E-state index is 9.31. The summed E-state index contributed by atoms with van der Waals surface area (Å²) in [5.41, 5.74) is 7.01. The lowest BCUT2D eigenvalue weighted by atomic mass is 10.1. The van der Waals surface area contributed by atoms with E-state index >= 15 is 0 Å². The minimum atomic E-state index is -0.862. The summed E-state index contributed by atoms with van der Waals surface area (Å²) in [6, 6.07) is 7.93. The lowest BCUT2D eigenvalue weighted by molar-refractivity contribution is 0.204. The molecule has 0 spiro atoms. The van der Waals surface area contributed by atoms with E-state index in [1.54, 1.807) is 13.1 Å². The number of ether oxygens (including phenoxy) is 1. The molecule has 0 unspecified atom stereocenters. The van der Waals surface area contributed by atoms with Gasteiger partial charge < -0.3 is 20.6 Å². The molecule has 0 radical (unpaired) electrons. The number of unbranched alkanes of at least 4 members (excludes halogenated alkanes) is 4. The van der Waals surface area contributed by atoms with Crippen LogP contribution >= 0.6 is 0 Å². The Balaban J connectivity index is 1.88. The highest BCUT2D eigenvalue weighted by Crippen LogP contribution is 2.23. The van der Waals surface area contributed by atoms with Gasteiger partial charge in [0.25, 0.3) is 0 Å².